The molecule has 92 valence electrons. The van der Waals surface area contributed by atoms with Crippen molar-refractivity contribution < 1.29 is 14.3 Å². The van der Waals surface area contributed by atoms with Crippen LogP contribution in [0, 0.1) is 12.7 Å². The molecule has 0 spiro atoms. The molecular formula is C12H10FN3O2. The van der Waals surface area contributed by atoms with Crippen LogP contribution in [0.5, 0.6) is 0 Å². The number of hydrogen-bond donors (Lipinski definition) is 2. The van der Waals surface area contributed by atoms with Crippen LogP contribution in [0.4, 0.5) is 15.9 Å². The standard InChI is InChI=1S/C12H10FN3O2/c1-7-2-3-8(4-10(7)13)16-11-9(12(17)18)5-14-6-15-11/h2-6H,1H3,(H,17,18)(H,14,15,16). The van der Waals surface area contributed by atoms with Gasteiger partial charge >= 0.3 is 5.97 Å². The predicted octanol–water partition coefficient (Wildman–Crippen LogP) is 2.37. The molecule has 0 aliphatic rings. The molecule has 0 atom stereocenters. The summed E-state index contributed by atoms with van der Waals surface area (Å²) < 4.78 is 13.4. The first kappa shape index (κ1) is 12.0. The molecule has 0 unspecified atom stereocenters. The number of aromatic carboxylic acids is 1. The summed E-state index contributed by atoms with van der Waals surface area (Å²) >= 11 is 0. The van der Waals surface area contributed by atoms with E-state index in [-0.39, 0.29) is 17.2 Å². The topological polar surface area (TPSA) is 75.1 Å². The lowest BCUT2D eigenvalue weighted by molar-refractivity contribution is 0.0697. The van der Waals surface area contributed by atoms with Gasteiger partial charge in [-0.2, -0.15) is 0 Å². The monoisotopic (exact) mass is 247 g/mol. The molecule has 0 saturated carbocycles. The second kappa shape index (κ2) is 4.79. The first-order valence-electron chi connectivity index (χ1n) is 5.14. The minimum absolute atomic E-state index is 0.0708. The lowest BCUT2D eigenvalue weighted by Crippen LogP contribution is -2.05. The molecule has 18 heavy (non-hydrogen) atoms. The van der Waals surface area contributed by atoms with Gasteiger partial charge in [0.2, 0.25) is 0 Å². The molecule has 1 aromatic carbocycles. The maximum Gasteiger partial charge on any atom is 0.341 e. The zero-order valence-electron chi connectivity index (χ0n) is 9.51. The molecule has 1 heterocycles. The highest BCUT2D eigenvalue weighted by Crippen LogP contribution is 2.19. The van der Waals surface area contributed by atoms with Crippen LogP contribution in [0.3, 0.4) is 0 Å². The van der Waals surface area contributed by atoms with E-state index in [1.807, 2.05) is 0 Å². The Morgan fingerprint density at radius 1 is 1.44 bits per heavy atom. The van der Waals surface area contributed by atoms with Gasteiger partial charge in [-0.3, -0.25) is 0 Å². The van der Waals surface area contributed by atoms with Gasteiger partial charge in [0.25, 0.3) is 0 Å². The Hall–Kier alpha value is -2.50. The summed E-state index contributed by atoms with van der Waals surface area (Å²) in [5, 5.41) is 11.7. The van der Waals surface area contributed by atoms with Crippen LogP contribution < -0.4 is 5.32 Å². The van der Waals surface area contributed by atoms with Crippen molar-refractivity contribution in [1.82, 2.24) is 9.97 Å². The van der Waals surface area contributed by atoms with Crippen LogP contribution in [-0.4, -0.2) is 21.0 Å². The number of benzene rings is 1. The third-order valence-electron chi connectivity index (χ3n) is 2.38. The Morgan fingerprint density at radius 3 is 2.89 bits per heavy atom. The second-order valence-electron chi connectivity index (χ2n) is 3.68. The van der Waals surface area contributed by atoms with E-state index >= 15 is 0 Å². The highest BCUT2D eigenvalue weighted by Gasteiger charge is 2.11. The number of hydrogen-bond acceptors (Lipinski definition) is 4. The number of aryl methyl sites for hydroxylation is 1. The molecule has 2 N–H and O–H groups in total. The fraction of sp³-hybridized carbons (Fsp3) is 0.0833. The Morgan fingerprint density at radius 2 is 2.22 bits per heavy atom. The molecule has 2 rings (SSSR count). The fourth-order valence-corrected chi connectivity index (χ4v) is 1.39. The first-order valence-corrected chi connectivity index (χ1v) is 5.14. The number of carboxylic acids is 1. The second-order valence-corrected chi connectivity index (χ2v) is 3.68. The van der Waals surface area contributed by atoms with Crippen molar-refractivity contribution in [3.63, 3.8) is 0 Å². The van der Waals surface area contributed by atoms with E-state index in [1.165, 1.54) is 18.6 Å². The Kier molecular flexibility index (Phi) is 3.18. The van der Waals surface area contributed by atoms with Crippen molar-refractivity contribution in [2.75, 3.05) is 5.32 Å². The third-order valence-corrected chi connectivity index (χ3v) is 2.38. The van der Waals surface area contributed by atoms with Crippen molar-refractivity contribution >= 4 is 17.5 Å². The summed E-state index contributed by atoms with van der Waals surface area (Å²) in [6.07, 6.45) is 2.40. The number of nitrogens with zero attached hydrogens (tertiary/aromatic N) is 2. The SMILES string of the molecule is Cc1ccc(Nc2ncncc2C(=O)O)cc1F. The number of halogens is 1. The van der Waals surface area contributed by atoms with Crippen LogP contribution in [0.2, 0.25) is 0 Å². The van der Waals surface area contributed by atoms with Crippen LogP contribution in [-0.2, 0) is 0 Å². The molecule has 1 aromatic heterocycles. The fourth-order valence-electron chi connectivity index (χ4n) is 1.39. The van der Waals surface area contributed by atoms with Crippen LogP contribution >= 0.6 is 0 Å². The van der Waals surface area contributed by atoms with Gasteiger partial charge < -0.3 is 10.4 Å². The minimum Gasteiger partial charge on any atom is -0.477 e. The van der Waals surface area contributed by atoms with Gasteiger partial charge in [0.1, 0.15) is 23.5 Å². The normalized spacial score (nSPS) is 10.1. The Bertz CT molecular complexity index is 602. The number of nitrogens with one attached hydrogen (secondary N) is 1. The van der Waals surface area contributed by atoms with E-state index in [2.05, 4.69) is 15.3 Å². The Labute approximate surface area is 102 Å². The summed E-state index contributed by atoms with van der Waals surface area (Å²) in [5.74, 6) is -1.39. The van der Waals surface area contributed by atoms with Crippen molar-refractivity contribution in [2.24, 2.45) is 0 Å². The van der Waals surface area contributed by atoms with Crippen LogP contribution in [0.15, 0.2) is 30.7 Å². The van der Waals surface area contributed by atoms with Crippen molar-refractivity contribution in [2.45, 2.75) is 6.92 Å². The number of carboxylic acid groups (broad SMARTS) is 1. The van der Waals surface area contributed by atoms with Gasteiger partial charge in [-0.25, -0.2) is 19.2 Å². The molecule has 0 radical (unpaired) electrons. The summed E-state index contributed by atoms with van der Waals surface area (Å²) in [4.78, 5) is 18.4. The lowest BCUT2D eigenvalue weighted by atomic mass is 10.2. The number of carbonyl (C=O) groups is 1. The molecule has 0 saturated heterocycles. The van der Waals surface area contributed by atoms with E-state index in [0.29, 0.717) is 11.3 Å². The molecule has 5 nitrogen and oxygen atoms in total. The van der Waals surface area contributed by atoms with Gasteiger partial charge in [0.05, 0.1) is 0 Å². The number of rotatable bonds is 3. The molecule has 0 fully saturated rings. The number of aromatic nitrogens is 2. The van der Waals surface area contributed by atoms with E-state index in [0.717, 1.165) is 0 Å². The zero-order valence-corrected chi connectivity index (χ0v) is 9.51. The molecule has 6 heteroatoms. The molecule has 0 bridgehead atoms. The van der Waals surface area contributed by atoms with E-state index in [9.17, 15) is 9.18 Å². The highest BCUT2D eigenvalue weighted by atomic mass is 19.1. The summed E-state index contributed by atoms with van der Waals surface area (Å²) in [5.41, 5.74) is 0.875. The number of anilines is 2. The minimum atomic E-state index is -1.15. The third kappa shape index (κ3) is 2.42. The molecular weight excluding hydrogens is 237 g/mol. The molecule has 0 aliphatic heterocycles. The average molecular weight is 247 g/mol. The lowest BCUT2D eigenvalue weighted by Gasteiger charge is -2.08. The molecule has 2 aromatic rings. The average Bonchev–Trinajstić information content (AvgIpc) is 2.34. The van der Waals surface area contributed by atoms with Crippen LogP contribution in [0.25, 0.3) is 0 Å². The van der Waals surface area contributed by atoms with Gasteiger partial charge in [-0.15, -0.1) is 0 Å². The quantitative estimate of drug-likeness (QED) is 0.870. The summed E-state index contributed by atoms with van der Waals surface area (Å²) in [6, 6.07) is 4.52. The smallest absolute Gasteiger partial charge is 0.341 e. The zero-order chi connectivity index (χ0) is 13.1. The van der Waals surface area contributed by atoms with Gasteiger partial charge in [0.15, 0.2) is 0 Å². The Balaban J connectivity index is 2.34. The van der Waals surface area contributed by atoms with Gasteiger partial charge in [0, 0.05) is 11.9 Å². The first-order chi connectivity index (χ1) is 8.58. The maximum absolute atomic E-state index is 13.4. The molecule has 0 amide bonds. The van der Waals surface area contributed by atoms with Crippen molar-refractivity contribution in [1.29, 1.82) is 0 Å². The van der Waals surface area contributed by atoms with Gasteiger partial charge in [-0.1, -0.05) is 6.07 Å². The highest BCUT2D eigenvalue weighted by molar-refractivity contribution is 5.93. The van der Waals surface area contributed by atoms with Crippen molar-refractivity contribution in [3.05, 3.63) is 47.7 Å². The molecule has 0 aliphatic carbocycles. The predicted molar refractivity (Wildman–Crippen MR) is 63.4 cm³/mol. The maximum atomic E-state index is 13.4. The summed E-state index contributed by atoms with van der Waals surface area (Å²) in [7, 11) is 0. The van der Waals surface area contributed by atoms with E-state index in [4.69, 9.17) is 5.11 Å². The summed E-state index contributed by atoms with van der Waals surface area (Å²) in [6.45, 7) is 1.65. The largest absolute Gasteiger partial charge is 0.477 e. The van der Waals surface area contributed by atoms with Crippen molar-refractivity contribution in [3.8, 4) is 0 Å². The van der Waals surface area contributed by atoms with Crippen LogP contribution in [0.1, 0.15) is 15.9 Å². The van der Waals surface area contributed by atoms with E-state index in [1.54, 1.807) is 19.1 Å². The van der Waals surface area contributed by atoms with Gasteiger partial charge in [-0.05, 0) is 24.6 Å². The van der Waals surface area contributed by atoms with E-state index < -0.39 is 5.97 Å².